The average molecular weight is 127 g/mol. The highest BCUT2D eigenvalue weighted by Crippen LogP contribution is 2.12. The van der Waals surface area contributed by atoms with Crippen LogP contribution >= 0.6 is 0 Å². The molecule has 0 spiro atoms. The molecule has 0 rings (SSSR count). The summed E-state index contributed by atoms with van der Waals surface area (Å²) in [7, 11) is 0. The third-order valence-electron chi connectivity index (χ3n) is 1.66. The van der Waals surface area contributed by atoms with Crippen LogP contribution in [0.4, 0.5) is 0 Å². The molecule has 0 aliphatic carbocycles. The fourth-order valence-electron chi connectivity index (χ4n) is 1.05. The minimum atomic E-state index is 0.718. The van der Waals surface area contributed by atoms with E-state index < -0.39 is 0 Å². The van der Waals surface area contributed by atoms with Gasteiger partial charge in [-0.2, -0.15) is 5.92 Å². The van der Waals surface area contributed by atoms with Gasteiger partial charge < -0.3 is 6.92 Å². The van der Waals surface area contributed by atoms with Crippen molar-refractivity contribution >= 4 is 0 Å². The monoisotopic (exact) mass is 127 g/mol. The summed E-state index contributed by atoms with van der Waals surface area (Å²) in [6.45, 7) is 8.53. The normalized spacial score (nSPS) is 13.7. The van der Waals surface area contributed by atoms with Gasteiger partial charge in [-0.25, -0.2) is 0 Å². The van der Waals surface area contributed by atoms with Gasteiger partial charge in [0.2, 0.25) is 0 Å². The molecule has 0 saturated carbocycles. The van der Waals surface area contributed by atoms with E-state index in [0.717, 1.165) is 5.92 Å². The Bertz CT molecular complexity index is 48.0. The first-order valence-corrected chi connectivity index (χ1v) is 4.14. The second-order valence-corrected chi connectivity index (χ2v) is 2.80. The molecule has 0 aromatic heterocycles. The molecule has 0 radical (unpaired) electrons. The number of hydrogen-bond donors (Lipinski definition) is 0. The molecule has 0 aromatic carbocycles. The quantitative estimate of drug-likeness (QED) is 0.496. The molecule has 0 amide bonds. The van der Waals surface area contributed by atoms with Crippen LogP contribution in [0.25, 0.3) is 0 Å². The van der Waals surface area contributed by atoms with E-state index in [1.807, 2.05) is 0 Å². The van der Waals surface area contributed by atoms with Crippen LogP contribution in [0.5, 0.6) is 0 Å². The second-order valence-electron chi connectivity index (χ2n) is 2.80. The van der Waals surface area contributed by atoms with Crippen LogP contribution in [-0.2, 0) is 0 Å². The van der Waals surface area contributed by atoms with Crippen molar-refractivity contribution in [3.8, 4) is 0 Å². The maximum Gasteiger partial charge on any atom is -0.0558 e. The molecule has 1 unspecified atom stereocenters. The van der Waals surface area contributed by atoms with E-state index in [1.54, 1.807) is 0 Å². The van der Waals surface area contributed by atoms with Gasteiger partial charge in [0.25, 0.3) is 0 Å². The second kappa shape index (κ2) is 6.12. The summed E-state index contributed by atoms with van der Waals surface area (Å²) in [4.78, 5) is 0. The maximum absolute atomic E-state index is 4.07. The van der Waals surface area contributed by atoms with E-state index in [1.165, 1.54) is 32.1 Å². The molecule has 0 nitrogen and oxygen atoms in total. The van der Waals surface area contributed by atoms with Crippen molar-refractivity contribution in [1.29, 1.82) is 0 Å². The summed E-state index contributed by atoms with van der Waals surface area (Å²) in [6.07, 6.45) is 6.59. The molecule has 9 heavy (non-hydrogen) atoms. The van der Waals surface area contributed by atoms with Crippen LogP contribution in [-0.4, -0.2) is 0 Å². The molecule has 0 heteroatoms. The van der Waals surface area contributed by atoms with Gasteiger partial charge in [0.15, 0.2) is 0 Å². The summed E-state index contributed by atoms with van der Waals surface area (Å²) in [5.74, 6) is 0.718. The van der Waals surface area contributed by atoms with Gasteiger partial charge in [0.05, 0.1) is 0 Å². The standard InChI is InChI=1S/C9H19/c1-4-6-8-9(3)7-5-2/h9H,3-8H2,1-2H3/q-1. The molecular weight excluding hydrogens is 108 g/mol. The van der Waals surface area contributed by atoms with Crippen LogP contribution in [0.15, 0.2) is 0 Å². The van der Waals surface area contributed by atoms with Crippen LogP contribution < -0.4 is 0 Å². The number of rotatable bonds is 5. The minimum absolute atomic E-state index is 0.718. The average Bonchev–Trinajstić information content (AvgIpc) is 1.85. The van der Waals surface area contributed by atoms with Crippen molar-refractivity contribution in [3.05, 3.63) is 6.92 Å². The summed E-state index contributed by atoms with van der Waals surface area (Å²) in [5.41, 5.74) is 0. The van der Waals surface area contributed by atoms with Crippen molar-refractivity contribution < 1.29 is 0 Å². The van der Waals surface area contributed by atoms with E-state index in [9.17, 15) is 0 Å². The molecular formula is C9H19-. The molecule has 0 aliphatic heterocycles. The van der Waals surface area contributed by atoms with Crippen molar-refractivity contribution in [2.24, 2.45) is 5.92 Å². The molecule has 0 aliphatic rings. The molecule has 0 heterocycles. The smallest absolute Gasteiger partial charge is 0.0558 e. The zero-order valence-electron chi connectivity index (χ0n) is 6.82. The highest BCUT2D eigenvalue weighted by atomic mass is 14.0. The highest BCUT2D eigenvalue weighted by Gasteiger charge is 1.90. The fraction of sp³-hybridized carbons (Fsp3) is 0.889. The number of hydrogen-bond acceptors (Lipinski definition) is 0. The van der Waals surface area contributed by atoms with E-state index in [-0.39, 0.29) is 0 Å². The van der Waals surface area contributed by atoms with Crippen LogP contribution in [0, 0.1) is 12.8 Å². The van der Waals surface area contributed by atoms with Crippen molar-refractivity contribution in [3.63, 3.8) is 0 Å². The molecule has 0 N–H and O–H groups in total. The van der Waals surface area contributed by atoms with Gasteiger partial charge in [0.1, 0.15) is 0 Å². The van der Waals surface area contributed by atoms with E-state index in [2.05, 4.69) is 20.8 Å². The summed E-state index contributed by atoms with van der Waals surface area (Å²) < 4.78 is 0. The molecule has 0 fully saturated rings. The van der Waals surface area contributed by atoms with Crippen LogP contribution in [0.3, 0.4) is 0 Å². The Kier molecular flexibility index (Phi) is 6.12. The Balaban J connectivity index is 2.95. The summed E-state index contributed by atoms with van der Waals surface area (Å²) >= 11 is 0. The zero-order chi connectivity index (χ0) is 7.11. The molecule has 56 valence electrons. The summed E-state index contributed by atoms with van der Waals surface area (Å²) in [5, 5.41) is 0. The first-order valence-electron chi connectivity index (χ1n) is 4.14. The largest absolute Gasteiger partial charge is 0.340 e. The third-order valence-corrected chi connectivity index (χ3v) is 1.66. The third kappa shape index (κ3) is 5.88. The topological polar surface area (TPSA) is 0 Å². The zero-order valence-corrected chi connectivity index (χ0v) is 6.82. The van der Waals surface area contributed by atoms with Gasteiger partial charge in [-0.1, -0.05) is 46.0 Å². The van der Waals surface area contributed by atoms with E-state index in [4.69, 9.17) is 0 Å². The SMILES string of the molecule is [CH2-]C(CCC)CCCC. The highest BCUT2D eigenvalue weighted by molar-refractivity contribution is 4.59. The molecule has 0 saturated heterocycles. The van der Waals surface area contributed by atoms with Gasteiger partial charge in [-0.05, 0) is 0 Å². The predicted molar refractivity (Wildman–Crippen MR) is 43.3 cm³/mol. The molecule has 1 atom stereocenters. The van der Waals surface area contributed by atoms with E-state index >= 15 is 0 Å². The Morgan fingerprint density at radius 2 is 1.78 bits per heavy atom. The maximum atomic E-state index is 4.07. The van der Waals surface area contributed by atoms with Gasteiger partial charge in [0, 0.05) is 0 Å². The van der Waals surface area contributed by atoms with E-state index in [0.29, 0.717) is 0 Å². The lowest BCUT2D eigenvalue weighted by atomic mass is 10.00. The van der Waals surface area contributed by atoms with Gasteiger partial charge >= 0.3 is 0 Å². The summed E-state index contributed by atoms with van der Waals surface area (Å²) in [6, 6.07) is 0. The minimum Gasteiger partial charge on any atom is -0.340 e. The van der Waals surface area contributed by atoms with Crippen molar-refractivity contribution in [2.45, 2.75) is 46.0 Å². The lowest BCUT2D eigenvalue weighted by molar-refractivity contribution is 0.509. The van der Waals surface area contributed by atoms with Gasteiger partial charge in [-0.15, -0.1) is 0 Å². The first-order chi connectivity index (χ1) is 4.31. The lowest BCUT2D eigenvalue weighted by Crippen LogP contribution is -1.92. The van der Waals surface area contributed by atoms with Crippen LogP contribution in [0.1, 0.15) is 46.0 Å². The lowest BCUT2D eigenvalue weighted by Gasteiger charge is -2.14. The van der Waals surface area contributed by atoms with Crippen LogP contribution in [0.2, 0.25) is 0 Å². The first kappa shape index (κ1) is 9.00. The predicted octanol–water partition coefficient (Wildman–Crippen LogP) is 3.43. The molecule has 0 aromatic rings. The number of unbranched alkanes of at least 4 members (excludes halogenated alkanes) is 1. The Morgan fingerprint density at radius 1 is 1.11 bits per heavy atom. The Labute approximate surface area is 59.7 Å². The van der Waals surface area contributed by atoms with Crippen molar-refractivity contribution in [2.75, 3.05) is 0 Å². The molecule has 0 bridgehead atoms. The van der Waals surface area contributed by atoms with Crippen molar-refractivity contribution in [1.82, 2.24) is 0 Å². The Morgan fingerprint density at radius 3 is 2.22 bits per heavy atom. The fourth-order valence-corrected chi connectivity index (χ4v) is 1.05. The Hall–Kier alpha value is 0. The van der Waals surface area contributed by atoms with Gasteiger partial charge in [-0.3, -0.25) is 0 Å².